The second-order valence-electron chi connectivity index (χ2n) is 8.41. The van der Waals surface area contributed by atoms with Gasteiger partial charge in [-0.25, -0.2) is 0 Å². The average Bonchev–Trinajstić information content (AvgIpc) is 2.74. The van der Waals surface area contributed by atoms with E-state index in [9.17, 15) is 18.0 Å². The summed E-state index contributed by atoms with van der Waals surface area (Å²) in [6.45, 7) is 1.89. The molecule has 1 aliphatic carbocycles. The Morgan fingerprint density at radius 2 is 1.90 bits per heavy atom. The molecule has 0 radical (unpaired) electrons. The second kappa shape index (κ2) is 10.6. The number of hydrogen-bond donors (Lipinski definition) is 0. The van der Waals surface area contributed by atoms with E-state index in [1.165, 1.54) is 30.2 Å². The summed E-state index contributed by atoms with van der Waals surface area (Å²) in [5.41, 5.74) is 3.36. The molecule has 2 nitrogen and oxygen atoms in total. The molecule has 0 spiro atoms. The summed E-state index contributed by atoms with van der Waals surface area (Å²) in [4.78, 5) is 17.3. The third-order valence-corrected chi connectivity index (χ3v) is 6.44. The van der Waals surface area contributed by atoms with E-state index in [1.54, 1.807) is 6.07 Å². The van der Waals surface area contributed by atoms with Crippen LogP contribution in [0.1, 0.15) is 85.9 Å². The lowest BCUT2D eigenvalue weighted by Gasteiger charge is -2.17. The summed E-state index contributed by atoms with van der Waals surface area (Å²) in [6, 6.07) is 8.25. The number of aryl methyl sites for hydroxylation is 3. The minimum Gasteiger partial charge on any atom is -0.300 e. The number of alkyl halides is 3. The van der Waals surface area contributed by atoms with E-state index in [2.05, 4.69) is 12.1 Å². The Balaban J connectivity index is 1.49. The molecule has 3 rings (SSSR count). The predicted octanol–water partition coefficient (Wildman–Crippen LogP) is 7.50. The monoisotopic (exact) mass is 451 g/mol. The number of rotatable bonds is 9. The molecule has 0 N–H and O–H groups in total. The van der Waals surface area contributed by atoms with Gasteiger partial charge in [0.15, 0.2) is 0 Å². The quantitative estimate of drug-likeness (QED) is 0.369. The van der Waals surface area contributed by atoms with Gasteiger partial charge >= 0.3 is 6.18 Å². The molecule has 0 aliphatic heterocycles. The van der Waals surface area contributed by atoms with Crippen LogP contribution in [0.2, 0.25) is 5.02 Å². The fourth-order valence-corrected chi connectivity index (χ4v) is 4.51. The van der Waals surface area contributed by atoms with Gasteiger partial charge in [-0.05, 0) is 86.6 Å². The Morgan fingerprint density at radius 1 is 1.13 bits per heavy atom. The van der Waals surface area contributed by atoms with Gasteiger partial charge in [0.05, 0.1) is 10.6 Å². The fraction of sp³-hybridized carbons (Fsp3) is 0.520. The standard InChI is InChI=1S/C25H29ClF3NO/c1-2-17(19-12-14-23(26)22(16-19)25(27,28)29)15-21(31)9-5-4-8-20-13-11-18-7-3-6-10-24(18)30-20/h11-14,16-17H,2-10,15H2,1H3/t17-/m1/s1. The van der Waals surface area contributed by atoms with Gasteiger partial charge in [-0.15, -0.1) is 0 Å². The number of pyridine rings is 1. The van der Waals surface area contributed by atoms with Crippen molar-refractivity contribution in [3.05, 3.63) is 63.4 Å². The Hall–Kier alpha value is -1.88. The molecule has 6 heteroatoms. The largest absolute Gasteiger partial charge is 0.417 e. The van der Waals surface area contributed by atoms with E-state index in [4.69, 9.17) is 16.6 Å². The third kappa shape index (κ3) is 6.55. The summed E-state index contributed by atoms with van der Waals surface area (Å²) in [5.74, 6) is -0.137. The number of hydrogen-bond acceptors (Lipinski definition) is 2. The van der Waals surface area contributed by atoms with E-state index >= 15 is 0 Å². The molecule has 0 amide bonds. The van der Waals surface area contributed by atoms with Crippen molar-refractivity contribution in [2.45, 2.75) is 83.2 Å². The van der Waals surface area contributed by atoms with Gasteiger partial charge in [0.2, 0.25) is 0 Å². The van der Waals surface area contributed by atoms with Gasteiger partial charge in [-0.3, -0.25) is 9.78 Å². The SMILES string of the molecule is CC[C@H](CC(=O)CCCCc1ccc2c(n1)CCCC2)c1ccc(Cl)c(C(F)(F)F)c1. The number of nitrogens with zero attached hydrogens (tertiary/aromatic N) is 1. The summed E-state index contributed by atoms with van der Waals surface area (Å²) in [7, 11) is 0. The summed E-state index contributed by atoms with van der Waals surface area (Å²) >= 11 is 5.72. The molecule has 0 bridgehead atoms. The molecule has 0 fully saturated rings. The minimum absolute atomic E-state index is 0.0914. The van der Waals surface area contributed by atoms with Crippen LogP contribution >= 0.6 is 11.6 Å². The van der Waals surface area contributed by atoms with Crippen LogP contribution < -0.4 is 0 Å². The minimum atomic E-state index is -4.50. The summed E-state index contributed by atoms with van der Waals surface area (Å²) in [5, 5.41) is -0.312. The molecule has 168 valence electrons. The molecule has 1 heterocycles. The van der Waals surface area contributed by atoms with Gasteiger partial charge in [0, 0.05) is 24.2 Å². The lowest BCUT2D eigenvalue weighted by Crippen LogP contribution is -2.10. The number of carbonyl (C=O) groups is 1. The number of benzene rings is 1. The van der Waals surface area contributed by atoms with Crippen molar-refractivity contribution in [3.8, 4) is 0 Å². The molecule has 1 atom stereocenters. The number of ketones is 1. The molecule has 0 saturated carbocycles. The topological polar surface area (TPSA) is 30.0 Å². The van der Waals surface area contributed by atoms with E-state index in [1.807, 2.05) is 6.92 Å². The first-order valence-corrected chi connectivity index (χ1v) is 11.5. The van der Waals surface area contributed by atoms with Gasteiger partial charge < -0.3 is 0 Å². The number of fused-ring (bicyclic) bond motifs is 1. The van der Waals surface area contributed by atoms with Crippen molar-refractivity contribution < 1.29 is 18.0 Å². The van der Waals surface area contributed by atoms with Crippen LogP contribution in [0.4, 0.5) is 13.2 Å². The lowest BCUT2D eigenvalue weighted by molar-refractivity contribution is -0.137. The van der Waals surface area contributed by atoms with Crippen LogP contribution in [-0.4, -0.2) is 10.8 Å². The third-order valence-electron chi connectivity index (χ3n) is 6.11. The van der Waals surface area contributed by atoms with Gasteiger partial charge in [-0.1, -0.05) is 30.7 Å². The summed E-state index contributed by atoms with van der Waals surface area (Å²) in [6.07, 6.45) is 3.92. The number of unbranched alkanes of at least 4 members (excludes halogenated alkanes) is 1. The maximum Gasteiger partial charge on any atom is 0.417 e. The molecule has 2 aromatic rings. The van der Waals surface area contributed by atoms with E-state index in [0.29, 0.717) is 18.4 Å². The first-order chi connectivity index (χ1) is 14.8. The smallest absolute Gasteiger partial charge is 0.300 e. The highest BCUT2D eigenvalue weighted by Crippen LogP contribution is 2.37. The maximum atomic E-state index is 13.1. The molecule has 0 saturated heterocycles. The fourth-order valence-electron chi connectivity index (χ4n) is 4.28. The zero-order valence-electron chi connectivity index (χ0n) is 17.9. The highest BCUT2D eigenvalue weighted by Gasteiger charge is 2.34. The maximum absolute atomic E-state index is 13.1. The summed E-state index contributed by atoms with van der Waals surface area (Å²) < 4.78 is 39.4. The zero-order valence-corrected chi connectivity index (χ0v) is 18.7. The molecule has 31 heavy (non-hydrogen) atoms. The van der Waals surface area contributed by atoms with Crippen LogP contribution in [0.15, 0.2) is 30.3 Å². The molecule has 0 unspecified atom stereocenters. The van der Waals surface area contributed by atoms with Gasteiger partial charge in [0.25, 0.3) is 0 Å². The normalized spacial score (nSPS) is 14.9. The van der Waals surface area contributed by atoms with Crippen molar-refractivity contribution in [3.63, 3.8) is 0 Å². The Morgan fingerprint density at radius 3 is 2.65 bits per heavy atom. The number of aromatic nitrogens is 1. The average molecular weight is 452 g/mol. The second-order valence-corrected chi connectivity index (χ2v) is 8.81. The molecular formula is C25H29ClF3NO. The zero-order chi connectivity index (χ0) is 22.4. The van der Waals surface area contributed by atoms with Crippen molar-refractivity contribution in [1.29, 1.82) is 0 Å². The highest BCUT2D eigenvalue weighted by atomic mass is 35.5. The van der Waals surface area contributed by atoms with Crippen molar-refractivity contribution >= 4 is 17.4 Å². The molecule has 1 aromatic heterocycles. The molecule has 1 aromatic carbocycles. The first kappa shape index (κ1) is 23.8. The Kier molecular flexibility index (Phi) is 8.15. The number of halogens is 4. The van der Waals surface area contributed by atoms with E-state index < -0.39 is 11.7 Å². The molecule has 1 aliphatic rings. The Bertz CT molecular complexity index is 910. The van der Waals surface area contributed by atoms with E-state index in [-0.39, 0.29) is 23.1 Å². The van der Waals surface area contributed by atoms with Crippen LogP contribution in [-0.2, 0) is 30.2 Å². The van der Waals surface area contributed by atoms with Crippen LogP contribution in [0.25, 0.3) is 0 Å². The van der Waals surface area contributed by atoms with E-state index in [0.717, 1.165) is 43.9 Å². The highest BCUT2D eigenvalue weighted by molar-refractivity contribution is 6.31. The van der Waals surface area contributed by atoms with Crippen molar-refractivity contribution in [2.24, 2.45) is 0 Å². The predicted molar refractivity (Wildman–Crippen MR) is 118 cm³/mol. The number of carbonyl (C=O) groups excluding carboxylic acids is 1. The van der Waals surface area contributed by atoms with Crippen LogP contribution in [0.5, 0.6) is 0 Å². The van der Waals surface area contributed by atoms with Crippen LogP contribution in [0.3, 0.4) is 0 Å². The van der Waals surface area contributed by atoms with Gasteiger partial charge in [0.1, 0.15) is 5.78 Å². The first-order valence-electron chi connectivity index (χ1n) is 11.1. The van der Waals surface area contributed by atoms with Gasteiger partial charge in [-0.2, -0.15) is 13.2 Å². The van der Waals surface area contributed by atoms with Crippen molar-refractivity contribution in [1.82, 2.24) is 4.98 Å². The number of Topliss-reactive ketones (excluding diaryl/α,β-unsaturated/α-hetero) is 1. The van der Waals surface area contributed by atoms with Crippen molar-refractivity contribution in [2.75, 3.05) is 0 Å². The lowest BCUT2D eigenvalue weighted by atomic mass is 9.89. The molecular weight excluding hydrogens is 423 g/mol. The Labute approximate surface area is 187 Å². The van der Waals surface area contributed by atoms with Crippen LogP contribution in [0, 0.1) is 0 Å².